The molecule has 1 heterocycles. The van der Waals surface area contributed by atoms with Crippen molar-refractivity contribution in [2.75, 3.05) is 18.1 Å². The molecule has 186 valence electrons. The SMILES string of the molecule is CCOC(=O)[C@H](Cc1c[nH]c2ccccc12)N(CC(=O)OC(=O)[C@@H](N)C(C)C)c1cccc(C)c1. The number of aryl methyl sites for hydroxylation is 1. The average Bonchev–Trinajstić information content (AvgIpc) is 3.23. The van der Waals surface area contributed by atoms with Gasteiger partial charge < -0.3 is 25.1 Å². The van der Waals surface area contributed by atoms with Crippen LogP contribution >= 0.6 is 0 Å². The fourth-order valence-electron chi connectivity index (χ4n) is 3.88. The molecule has 0 aliphatic carbocycles. The van der Waals surface area contributed by atoms with Crippen LogP contribution in [-0.4, -0.2) is 48.1 Å². The van der Waals surface area contributed by atoms with Gasteiger partial charge in [0.15, 0.2) is 0 Å². The number of nitrogens with zero attached hydrogens (tertiary/aromatic N) is 1. The Hall–Kier alpha value is -3.65. The standard InChI is InChI=1S/C27H33N3O5/c1-5-34-26(32)23(14-19-15-29-22-12-7-6-11-21(19)22)30(20-10-8-9-18(4)13-20)16-24(31)35-27(33)25(28)17(2)3/h6-13,15,17,23,25,29H,5,14,16,28H2,1-4H3/t23-,25-/m0/s1. The molecule has 0 unspecified atom stereocenters. The van der Waals surface area contributed by atoms with E-state index >= 15 is 0 Å². The van der Waals surface area contributed by atoms with Gasteiger partial charge in [-0.1, -0.05) is 44.2 Å². The van der Waals surface area contributed by atoms with E-state index in [4.69, 9.17) is 15.2 Å². The Morgan fingerprint density at radius 3 is 2.49 bits per heavy atom. The predicted octanol–water partition coefficient (Wildman–Crippen LogP) is 3.51. The van der Waals surface area contributed by atoms with Crippen molar-refractivity contribution in [3.63, 3.8) is 0 Å². The van der Waals surface area contributed by atoms with Crippen LogP contribution in [0.2, 0.25) is 0 Å². The number of esters is 3. The summed E-state index contributed by atoms with van der Waals surface area (Å²) in [6.45, 7) is 7.06. The molecule has 1 aromatic heterocycles. The third kappa shape index (κ3) is 6.48. The maximum Gasteiger partial charge on any atom is 0.333 e. The number of hydrogen-bond donors (Lipinski definition) is 2. The molecule has 2 atom stereocenters. The van der Waals surface area contributed by atoms with E-state index in [9.17, 15) is 14.4 Å². The van der Waals surface area contributed by atoms with Gasteiger partial charge in [-0.25, -0.2) is 14.4 Å². The summed E-state index contributed by atoms with van der Waals surface area (Å²) in [6, 6.07) is 13.5. The van der Waals surface area contributed by atoms with E-state index in [1.807, 2.05) is 61.7 Å². The quantitative estimate of drug-likeness (QED) is 0.338. The summed E-state index contributed by atoms with van der Waals surface area (Å²) in [5.41, 5.74) is 9.28. The minimum Gasteiger partial charge on any atom is -0.464 e. The van der Waals surface area contributed by atoms with Crippen LogP contribution in [0, 0.1) is 12.8 Å². The van der Waals surface area contributed by atoms with Crippen LogP contribution in [0.5, 0.6) is 0 Å². The molecule has 0 fully saturated rings. The van der Waals surface area contributed by atoms with Crippen molar-refractivity contribution in [1.29, 1.82) is 0 Å². The first kappa shape index (κ1) is 26.0. The number of H-pyrrole nitrogens is 1. The van der Waals surface area contributed by atoms with Crippen molar-refractivity contribution < 1.29 is 23.9 Å². The van der Waals surface area contributed by atoms with Crippen LogP contribution < -0.4 is 10.6 Å². The molecule has 0 aliphatic heterocycles. The topological polar surface area (TPSA) is 115 Å². The summed E-state index contributed by atoms with van der Waals surface area (Å²) in [5.74, 6) is -2.24. The van der Waals surface area contributed by atoms with Gasteiger partial charge in [-0.3, -0.25) is 0 Å². The predicted molar refractivity (Wildman–Crippen MR) is 135 cm³/mol. The first-order valence-corrected chi connectivity index (χ1v) is 11.8. The second-order valence-corrected chi connectivity index (χ2v) is 8.86. The van der Waals surface area contributed by atoms with E-state index in [2.05, 4.69) is 4.98 Å². The number of nitrogens with two attached hydrogens (primary N) is 1. The Labute approximate surface area is 205 Å². The van der Waals surface area contributed by atoms with Crippen LogP contribution in [0.3, 0.4) is 0 Å². The number of aromatic nitrogens is 1. The Morgan fingerprint density at radius 2 is 1.80 bits per heavy atom. The number of carbonyl (C=O) groups excluding carboxylic acids is 3. The van der Waals surface area contributed by atoms with E-state index in [0.717, 1.165) is 22.0 Å². The van der Waals surface area contributed by atoms with Gasteiger partial charge in [0.05, 0.1) is 6.61 Å². The largest absolute Gasteiger partial charge is 0.464 e. The van der Waals surface area contributed by atoms with Gasteiger partial charge in [-0.05, 0) is 49.1 Å². The van der Waals surface area contributed by atoms with Gasteiger partial charge in [0.1, 0.15) is 18.6 Å². The van der Waals surface area contributed by atoms with Crippen molar-refractivity contribution in [2.45, 2.75) is 46.2 Å². The number of nitrogens with one attached hydrogen (secondary N) is 1. The molecule has 0 saturated carbocycles. The van der Waals surface area contributed by atoms with E-state index < -0.39 is 30.0 Å². The van der Waals surface area contributed by atoms with Gasteiger partial charge in [0.2, 0.25) is 0 Å². The zero-order valence-corrected chi connectivity index (χ0v) is 20.6. The van der Waals surface area contributed by atoms with Gasteiger partial charge in [0.25, 0.3) is 0 Å². The zero-order valence-electron chi connectivity index (χ0n) is 20.6. The maximum absolute atomic E-state index is 13.2. The number of carbonyl (C=O) groups is 3. The second kappa shape index (κ2) is 11.7. The van der Waals surface area contributed by atoms with E-state index in [1.54, 1.807) is 25.7 Å². The molecule has 35 heavy (non-hydrogen) atoms. The highest BCUT2D eigenvalue weighted by Gasteiger charge is 2.32. The summed E-state index contributed by atoms with van der Waals surface area (Å²) in [4.78, 5) is 43.2. The van der Waals surface area contributed by atoms with Crippen molar-refractivity contribution in [2.24, 2.45) is 11.7 Å². The molecule has 3 N–H and O–H groups in total. The third-order valence-corrected chi connectivity index (χ3v) is 5.86. The number of anilines is 1. The number of rotatable bonds is 10. The molecular formula is C27H33N3O5. The Kier molecular flexibility index (Phi) is 8.65. The minimum atomic E-state index is -0.918. The average molecular weight is 480 g/mol. The fraction of sp³-hybridized carbons (Fsp3) is 0.370. The van der Waals surface area contributed by atoms with Crippen LogP contribution in [0.15, 0.2) is 54.7 Å². The van der Waals surface area contributed by atoms with E-state index in [0.29, 0.717) is 5.69 Å². The van der Waals surface area contributed by atoms with Gasteiger partial charge >= 0.3 is 17.9 Å². The van der Waals surface area contributed by atoms with E-state index in [1.165, 1.54) is 0 Å². The fourth-order valence-corrected chi connectivity index (χ4v) is 3.88. The normalized spacial score (nSPS) is 12.9. The number of hydrogen-bond acceptors (Lipinski definition) is 7. The van der Waals surface area contributed by atoms with Crippen LogP contribution in [-0.2, 0) is 30.3 Å². The smallest absolute Gasteiger partial charge is 0.333 e. The molecule has 2 aromatic carbocycles. The third-order valence-electron chi connectivity index (χ3n) is 5.86. The molecule has 0 saturated heterocycles. The van der Waals surface area contributed by atoms with Crippen LogP contribution in [0.1, 0.15) is 31.9 Å². The van der Waals surface area contributed by atoms with Crippen LogP contribution in [0.4, 0.5) is 5.69 Å². The molecule has 8 nitrogen and oxygen atoms in total. The highest BCUT2D eigenvalue weighted by atomic mass is 16.6. The lowest BCUT2D eigenvalue weighted by molar-refractivity contribution is -0.160. The maximum atomic E-state index is 13.2. The number of aromatic amines is 1. The molecular weight excluding hydrogens is 446 g/mol. The number of para-hydroxylation sites is 1. The van der Waals surface area contributed by atoms with Gasteiger partial charge in [-0.15, -0.1) is 0 Å². The van der Waals surface area contributed by atoms with Crippen molar-refractivity contribution in [3.05, 3.63) is 65.9 Å². The molecule has 8 heteroatoms. The molecule has 0 spiro atoms. The Bertz CT molecular complexity index is 1190. The lowest BCUT2D eigenvalue weighted by Crippen LogP contribution is -2.48. The summed E-state index contributed by atoms with van der Waals surface area (Å²) < 4.78 is 10.4. The van der Waals surface area contributed by atoms with Gasteiger partial charge in [-0.2, -0.15) is 0 Å². The summed E-state index contributed by atoms with van der Waals surface area (Å²) >= 11 is 0. The second-order valence-electron chi connectivity index (χ2n) is 8.86. The first-order valence-electron chi connectivity index (χ1n) is 11.8. The summed E-state index contributed by atoms with van der Waals surface area (Å²) in [7, 11) is 0. The molecule has 0 bridgehead atoms. The Balaban J connectivity index is 1.97. The van der Waals surface area contributed by atoms with Crippen molar-refractivity contribution in [3.8, 4) is 0 Å². The first-order chi connectivity index (χ1) is 16.7. The van der Waals surface area contributed by atoms with E-state index in [-0.39, 0.29) is 25.5 Å². The molecule has 3 aromatic rings. The zero-order chi connectivity index (χ0) is 25.5. The monoisotopic (exact) mass is 479 g/mol. The molecule has 0 radical (unpaired) electrons. The van der Waals surface area contributed by atoms with Gasteiger partial charge in [0, 0.05) is 29.2 Å². The molecule has 3 rings (SSSR count). The van der Waals surface area contributed by atoms with Crippen LogP contribution in [0.25, 0.3) is 10.9 Å². The minimum absolute atomic E-state index is 0.183. The molecule has 0 amide bonds. The summed E-state index contributed by atoms with van der Waals surface area (Å²) in [6.07, 6.45) is 2.14. The summed E-state index contributed by atoms with van der Waals surface area (Å²) in [5, 5.41) is 0.978. The Morgan fingerprint density at radius 1 is 1.06 bits per heavy atom. The number of ether oxygens (including phenoxy) is 2. The highest BCUT2D eigenvalue weighted by Crippen LogP contribution is 2.25. The molecule has 0 aliphatic rings. The number of fused-ring (bicyclic) bond motifs is 1. The lowest BCUT2D eigenvalue weighted by Gasteiger charge is -2.31. The van der Waals surface area contributed by atoms with Crippen molar-refractivity contribution >= 4 is 34.5 Å². The number of benzene rings is 2. The highest BCUT2D eigenvalue weighted by molar-refractivity contribution is 5.92. The lowest BCUT2D eigenvalue weighted by atomic mass is 10.0. The van der Waals surface area contributed by atoms with Crippen molar-refractivity contribution in [1.82, 2.24) is 4.98 Å².